The van der Waals surface area contributed by atoms with E-state index in [1.807, 2.05) is 0 Å². The molecule has 4 nitrogen and oxygen atoms in total. The third-order valence-electron chi connectivity index (χ3n) is 5.99. The van der Waals surface area contributed by atoms with E-state index in [1.165, 1.54) is 28.0 Å². The van der Waals surface area contributed by atoms with Gasteiger partial charge < -0.3 is 20.1 Å². The van der Waals surface area contributed by atoms with Crippen LogP contribution in [0.15, 0.2) is 58.7 Å². The van der Waals surface area contributed by atoms with Gasteiger partial charge in [-0.05, 0) is 36.1 Å². The van der Waals surface area contributed by atoms with Crippen LogP contribution >= 0.6 is 0 Å². The first kappa shape index (κ1) is 17.2. The average Bonchev–Trinajstić information content (AvgIpc) is 2.66. The standard InChI is InChI=1S/C22H28N2O2/c1-14-5-4-6-15(9-14)18-13-24-8-7-16-10-21(25-2)22(26-3)11-17(16)20(24)12-19(18)23/h4-6,9-10,18-19H,7-8,11-13,23H2,1-3H3/t18-,19?/m0/s1. The molecule has 1 aromatic carbocycles. The van der Waals surface area contributed by atoms with Crippen LogP contribution in [0.4, 0.5) is 0 Å². The summed E-state index contributed by atoms with van der Waals surface area (Å²) < 4.78 is 11.1. The summed E-state index contributed by atoms with van der Waals surface area (Å²) in [6.07, 6.45) is 4.93. The molecule has 1 unspecified atom stereocenters. The first-order chi connectivity index (χ1) is 12.6. The molecule has 4 rings (SSSR count). The molecule has 2 N–H and O–H groups in total. The third-order valence-corrected chi connectivity index (χ3v) is 5.99. The lowest BCUT2D eigenvalue weighted by molar-refractivity contribution is 0.211. The zero-order valence-corrected chi connectivity index (χ0v) is 15.9. The van der Waals surface area contributed by atoms with Gasteiger partial charge in [0.15, 0.2) is 5.76 Å². The normalized spacial score (nSPS) is 25.5. The minimum absolute atomic E-state index is 0.147. The Labute approximate surface area is 156 Å². The summed E-state index contributed by atoms with van der Waals surface area (Å²) >= 11 is 0. The molecule has 0 radical (unpaired) electrons. The second-order valence-corrected chi connectivity index (χ2v) is 7.55. The second kappa shape index (κ2) is 6.84. The highest BCUT2D eigenvalue weighted by atomic mass is 16.5. The topological polar surface area (TPSA) is 47.7 Å². The molecule has 138 valence electrons. The molecular formula is C22H28N2O2. The van der Waals surface area contributed by atoms with Crippen LogP contribution in [0.1, 0.15) is 36.3 Å². The maximum absolute atomic E-state index is 6.66. The van der Waals surface area contributed by atoms with E-state index in [9.17, 15) is 0 Å². The molecule has 2 heterocycles. The van der Waals surface area contributed by atoms with Crippen LogP contribution < -0.4 is 5.73 Å². The summed E-state index contributed by atoms with van der Waals surface area (Å²) in [6.45, 7) is 4.20. The van der Waals surface area contributed by atoms with E-state index in [0.29, 0.717) is 5.92 Å². The summed E-state index contributed by atoms with van der Waals surface area (Å²) in [7, 11) is 3.43. The Balaban J connectivity index is 1.65. The Morgan fingerprint density at radius 1 is 1.19 bits per heavy atom. The van der Waals surface area contributed by atoms with Crippen molar-refractivity contribution in [3.8, 4) is 0 Å². The van der Waals surface area contributed by atoms with Crippen molar-refractivity contribution in [3.05, 3.63) is 69.8 Å². The molecule has 0 amide bonds. The number of aryl methyl sites for hydroxylation is 1. The van der Waals surface area contributed by atoms with Crippen LogP contribution in [-0.4, -0.2) is 38.3 Å². The van der Waals surface area contributed by atoms with Gasteiger partial charge in [-0.3, -0.25) is 0 Å². The highest BCUT2D eigenvalue weighted by Gasteiger charge is 2.36. The van der Waals surface area contributed by atoms with Crippen molar-refractivity contribution in [3.63, 3.8) is 0 Å². The number of benzene rings is 1. The highest BCUT2D eigenvalue weighted by molar-refractivity contribution is 5.48. The molecule has 0 bridgehead atoms. The number of piperidine rings is 1. The van der Waals surface area contributed by atoms with Gasteiger partial charge in [0, 0.05) is 43.6 Å². The maximum Gasteiger partial charge on any atom is 0.157 e. The molecule has 0 aromatic heterocycles. The first-order valence-corrected chi connectivity index (χ1v) is 9.42. The number of ether oxygens (including phenoxy) is 2. The number of rotatable bonds is 3. The van der Waals surface area contributed by atoms with Gasteiger partial charge in [0.05, 0.1) is 14.2 Å². The summed E-state index contributed by atoms with van der Waals surface area (Å²) in [5, 5.41) is 0. The Hall–Kier alpha value is -2.20. The molecule has 1 fully saturated rings. The molecule has 4 heteroatoms. The van der Waals surface area contributed by atoms with Crippen LogP contribution in [0.25, 0.3) is 0 Å². The van der Waals surface area contributed by atoms with Gasteiger partial charge in [-0.2, -0.15) is 0 Å². The van der Waals surface area contributed by atoms with E-state index in [2.05, 4.69) is 42.2 Å². The van der Waals surface area contributed by atoms with Gasteiger partial charge in [-0.15, -0.1) is 0 Å². The Morgan fingerprint density at radius 3 is 2.77 bits per heavy atom. The molecule has 0 spiro atoms. The van der Waals surface area contributed by atoms with Crippen LogP contribution in [0.5, 0.6) is 0 Å². The maximum atomic E-state index is 6.66. The number of nitrogens with two attached hydrogens (primary N) is 1. The molecule has 1 saturated heterocycles. The fourth-order valence-corrected chi connectivity index (χ4v) is 4.57. The average molecular weight is 352 g/mol. The van der Waals surface area contributed by atoms with Gasteiger partial charge >= 0.3 is 0 Å². The lowest BCUT2D eigenvalue weighted by atomic mass is 9.79. The fraction of sp³-hybridized carbons (Fsp3) is 0.455. The Bertz CT molecular complexity index is 806. The van der Waals surface area contributed by atoms with Crippen molar-refractivity contribution in [1.29, 1.82) is 0 Å². The summed E-state index contributed by atoms with van der Waals surface area (Å²) in [4.78, 5) is 2.55. The van der Waals surface area contributed by atoms with Crippen molar-refractivity contribution >= 4 is 0 Å². The summed E-state index contributed by atoms with van der Waals surface area (Å²) in [6, 6.07) is 8.95. The molecule has 1 aromatic rings. The van der Waals surface area contributed by atoms with Crippen molar-refractivity contribution in [2.24, 2.45) is 5.73 Å². The largest absolute Gasteiger partial charge is 0.497 e. The zero-order valence-electron chi connectivity index (χ0n) is 15.9. The number of allylic oxidation sites excluding steroid dienone is 2. The quantitative estimate of drug-likeness (QED) is 0.903. The minimum atomic E-state index is 0.147. The predicted molar refractivity (Wildman–Crippen MR) is 103 cm³/mol. The van der Waals surface area contributed by atoms with Crippen molar-refractivity contribution in [2.45, 2.75) is 38.1 Å². The van der Waals surface area contributed by atoms with Gasteiger partial charge in [0.25, 0.3) is 0 Å². The molecule has 3 aliphatic rings. The molecule has 1 aliphatic carbocycles. The molecular weight excluding hydrogens is 324 g/mol. The predicted octanol–water partition coefficient (Wildman–Crippen LogP) is 3.60. The van der Waals surface area contributed by atoms with Crippen molar-refractivity contribution in [1.82, 2.24) is 4.90 Å². The summed E-state index contributed by atoms with van der Waals surface area (Å²) in [5.41, 5.74) is 13.5. The number of hydrogen-bond acceptors (Lipinski definition) is 4. The minimum Gasteiger partial charge on any atom is -0.497 e. The Morgan fingerprint density at radius 2 is 2.04 bits per heavy atom. The zero-order chi connectivity index (χ0) is 18.3. The van der Waals surface area contributed by atoms with E-state index in [1.54, 1.807) is 14.2 Å². The Kier molecular flexibility index (Phi) is 4.53. The van der Waals surface area contributed by atoms with Crippen LogP contribution in [0.2, 0.25) is 0 Å². The van der Waals surface area contributed by atoms with E-state index >= 15 is 0 Å². The van der Waals surface area contributed by atoms with Crippen LogP contribution in [0.3, 0.4) is 0 Å². The van der Waals surface area contributed by atoms with Gasteiger partial charge in [-0.25, -0.2) is 0 Å². The smallest absolute Gasteiger partial charge is 0.157 e. The molecule has 0 saturated carbocycles. The van der Waals surface area contributed by atoms with Gasteiger partial charge in [-0.1, -0.05) is 29.8 Å². The number of fused-ring (bicyclic) bond motifs is 2. The first-order valence-electron chi connectivity index (χ1n) is 9.42. The van der Waals surface area contributed by atoms with E-state index in [0.717, 1.165) is 43.9 Å². The molecule has 26 heavy (non-hydrogen) atoms. The van der Waals surface area contributed by atoms with Gasteiger partial charge in [0.1, 0.15) is 5.76 Å². The third kappa shape index (κ3) is 2.92. The fourth-order valence-electron chi connectivity index (χ4n) is 4.57. The second-order valence-electron chi connectivity index (χ2n) is 7.55. The molecule has 2 atom stereocenters. The van der Waals surface area contributed by atoms with Crippen LogP contribution in [-0.2, 0) is 9.47 Å². The van der Waals surface area contributed by atoms with E-state index in [-0.39, 0.29) is 6.04 Å². The highest BCUT2D eigenvalue weighted by Crippen LogP contribution is 2.42. The van der Waals surface area contributed by atoms with E-state index < -0.39 is 0 Å². The number of hydrogen-bond donors (Lipinski definition) is 1. The lowest BCUT2D eigenvalue weighted by Gasteiger charge is -2.45. The van der Waals surface area contributed by atoms with Crippen molar-refractivity contribution < 1.29 is 9.47 Å². The number of methoxy groups -OCH3 is 2. The van der Waals surface area contributed by atoms with Crippen molar-refractivity contribution in [2.75, 3.05) is 27.3 Å². The van der Waals surface area contributed by atoms with Crippen LogP contribution in [0, 0.1) is 6.92 Å². The van der Waals surface area contributed by atoms with E-state index in [4.69, 9.17) is 15.2 Å². The molecule has 2 aliphatic heterocycles. The lowest BCUT2D eigenvalue weighted by Crippen LogP contribution is -2.46. The number of nitrogens with zero attached hydrogens (tertiary/aromatic N) is 1. The SMILES string of the molecule is COC1=C(OC)CC2=C3CC(N)[C@H](c4cccc(C)c4)CN3CCC2=C1. The monoisotopic (exact) mass is 352 g/mol. The van der Waals surface area contributed by atoms with Gasteiger partial charge in [0.2, 0.25) is 0 Å². The summed E-state index contributed by atoms with van der Waals surface area (Å²) in [5.74, 6) is 2.16.